The first-order valence-corrected chi connectivity index (χ1v) is 12.6. The summed E-state index contributed by atoms with van der Waals surface area (Å²) in [7, 11) is 0. The minimum Gasteiger partial charge on any atom is -0.296 e. The summed E-state index contributed by atoms with van der Waals surface area (Å²) in [5.74, 6) is -0.591. The van der Waals surface area contributed by atoms with Crippen LogP contribution in [0.15, 0.2) is 84.0 Å². The van der Waals surface area contributed by atoms with Gasteiger partial charge < -0.3 is 0 Å². The van der Waals surface area contributed by atoms with Crippen molar-refractivity contribution >= 4 is 78.6 Å². The molecule has 0 radical (unpaired) electrons. The Balaban J connectivity index is 1.26. The lowest BCUT2D eigenvalue weighted by atomic mass is 9.97. The lowest BCUT2D eigenvalue weighted by molar-refractivity contribution is -0.120. The smallest absolute Gasteiger partial charge is 0.258 e. The Morgan fingerprint density at radius 3 is 2.29 bits per heavy atom. The van der Waals surface area contributed by atoms with Gasteiger partial charge in [0.1, 0.15) is 5.01 Å². The van der Waals surface area contributed by atoms with Crippen LogP contribution in [-0.2, 0) is 11.2 Å². The third-order valence-electron chi connectivity index (χ3n) is 5.31. The largest absolute Gasteiger partial charge is 0.296 e. The number of hydrazone groups is 1. The zero-order valence-electron chi connectivity index (χ0n) is 18.2. The first kappa shape index (κ1) is 23.1. The monoisotopic (exact) mass is 591 g/mol. The quantitative estimate of drug-likeness (QED) is 0.120. The van der Waals surface area contributed by atoms with Crippen LogP contribution in [0.4, 0.5) is 5.13 Å². The van der Waals surface area contributed by atoms with Crippen molar-refractivity contribution in [3.05, 3.63) is 98.6 Å². The molecule has 9 heteroatoms. The van der Waals surface area contributed by atoms with Gasteiger partial charge in [0, 0.05) is 9.13 Å². The molecule has 4 aromatic carbocycles. The van der Waals surface area contributed by atoms with Crippen molar-refractivity contribution in [2.75, 3.05) is 5.32 Å². The number of carbonyl (C=O) groups is 2. The average molecular weight is 591 g/mol. The van der Waals surface area contributed by atoms with E-state index in [4.69, 9.17) is 0 Å². The summed E-state index contributed by atoms with van der Waals surface area (Å²) in [5, 5.41) is 20.1. The summed E-state index contributed by atoms with van der Waals surface area (Å²) in [6, 6.07) is 25.6. The van der Waals surface area contributed by atoms with Crippen LogP contribution < -0.4 is 10.7 Å². The van der Waals surface area contributed by atoms with Crippen LogP contribution in [0.25, 0.3) is 21.5 Å². The first-order valence-electron chi connectivity index (χ1n) is 10.7. The Bertz CT molecular complexity index is 1540. The molecule has 172 valence electrons. The highest BCUT2D eigenvalue weighted by atomic mass is 127. The predicted molar refractivity (Wildman–Crippen MR) is 148 cm³/mol. The number of nitrogens with zero attached hydrogens (tertiary/aromatic N) is 3. The molecule has 0 saturated carbocycles. The van der Waals surface area contributed by atoms with Gasteiger partial charge in [-0.05, 0) is 62.3 Å². The fourth-order valence-corrected chi connectivity index (χ4v) is 5.08. The van der Waals surface area contributed by atoms with Crippen LogP contribution in [0.3, 0.4) is 0 Å². The van der Waals surface area contributed by atoms with Gasteiger partial charge in [-0.15, -0.1) is 10.2 Å². The molecular formula is C26H18IN5O2S. The number of carbonyl (C=O) groups excluding carboxylic acids is 2. The predicted octanol–water partition coefficient (Wildman–Crippen LogP) is 5.39. The van der Waals surface area contributed by atoms with Crippen LogP contribution in [0.5, 0.6) is 0 Å². The number of rotatable bonds is 6. The van der Waals surface area contributed by atoms with Gasteiger partial charge in [0.25, 0.3) is 5.91 Å². The highest BCUT2D eigenvalue weighted by molar-refractivity contribution is 14.1. The number of anilines is 1. The molecule has 0 aliphatic heterocycles. The first-order chi connectivity index (χ1) is 17.1. The lowest BCUT2D eigenvalue weighted by Gasteiger charge is -2.07. The fourth-order valence-electron chi connectivity index (χ4n) is 3.72. The zero-order valence-corrected chi connectivity index (χ0v) is 21.2. The van der Waals surface area contributed by atoms with E-state index in [-0.39, 0.29) is 18.2 Å². The number of benzene rings is 4. The molecule has 0 fully saturated rings. The molecule has 0 aliphatic rings. The normalized spacial score (nSPS) is 11.2. The van der Waals surface area contributed by atoms with Crippen LogP contribution >= 0.6 is 33.9 Å². The Morgan fingerprint density at radius 2 is 1.57 bits per heavy atom. The molecule has 5 rings (SSSR count). The van der Waals surface area contributed by atoms with Gasteiger partial charge in [-0.25, -0.2) is 5.43 Å². The van der Waals surface area contributed by atoms with Crippen molar-refractivity contribution in [3.8, 4) is 0 Å². The maximum atomic E-state index is 12.5. The van der Waals surface area contributed by atoms with E-state index in [9.17, 15) is 9.59 Å². The van der Waals surface area contributed by atoms with E-state index in [0.29, 0.717) is 15.7 Å². The van der Waals surface area contributed by atoms with Gasteiger partial charge >= 0.3 is 0 Å². The average Bonchev–Trinajstić information content (AvgIpc) is 3.30. The van der Waals surface area contributed by atoms with Crippen LogP contribution in [0.1, 0.15) is 20.9 Å². The van der Waals surface area contributed by atoms with Gasteiger partial charge in [-0.2, -0.15) is 5.10 Å². The van der Waals surface area contributed by atoms with E-state index in [1.165, 1.54) is 0 Å². The van der Waals surface area contributed by atoms with E-state index >= 15 is 0 Å². The molecule has 0 bridgehead atoms. The second-order valence-electron chi connectivity index (χ2n) is 7.64. The van der Waals surface area contributed by atoms with E-state index < -0.39 is 0 Å². The summed E-state index contributed by atoms with van der Waals surface area (Å²) >= 11 is 3.26. The van der Waals surface area contributed by atoms with Crippen LogP contribution in [-0.4, -0.2) is 28.2 Å². The summed E-state index contributed by atoms with van der Waals surface area (Å²) in [6.07, 6.45) is 1.68. The highest BCUT2D eigenvalue weighted by Gasteiger charge is 2.14. The molecule has 1 aromatic heterocycles. The molecule has 2 N–H and O–H groups in total. The second kappa shape index (κ2) is 10.3. The van der Waals surface area contributed by atoms with Gasteiger partial charge in [0.05, 0.1) is 18.2 Å². The highest BCUT2D eigenvalue weighted by Crippen LogP contribution is 2.27. The maximum Gasteiger partial charge on any atom is 0.258 e. The van der Waals surface area contributed by atoms with Crippen LogP contribution in [0.2, 0.25) is 0 Å². The van der Waals surface area contributed by atoms with Gasteiger partial charge in [0.15, 0.2) is 0 Å². The van der Waals surface area contributed by atoms with E-state index in [1.54, 1.807) is 18.3 Å². The third kappa shape index (κ3) is 5.20. The van der Waals surface area contributed by atoms with Crippen molar-refractivity contribution in [3.63, 3.8) is 0 Å². The van der Waals surface area contributed by atoms with Crippen LogP contribution in [0, 0.1) is 3.57 Å². The standard InChI is InChI=1S/C26H18IN5O2S/c27-22-12-6-5-11-20(22)25(34)29-26-32-31-24(35-26)14-23(33)30-28-15-21-18-9-3-1-7-16(18)13-17-8-2-4-10-19(17)21/h1-13,15H,14H2,(H,30,33)(H,29,32,34)/b28-15-. The molecule has 0 aliphatic carbocycles. The Hall–Kier alpha value is -3.70. The molecule has 2 amide bonds. The van der Waals surface area contributed by atoms with Crippen molar-refractivity contribution in [2.24, 2.45) is 5.10 Å². The minimum atomic E-state index is -0.322. The Kier molecular flexibility index (Phi) is 6.77. The molecule has 0 spiro atoms. The van der Waals surface area contributed by atoms with E-state index in [2.05, 4.69) is 66.8 Å². The number of aromatic nitrogens is 2. The fraction of sp³-hybridized carbons (Fsp3) is 0.0385. The number of hydrogen-bond donors (Lipinski definition) is 2. The summed E-state index contributed by atoms with van der Waals surface area (Å²) in [6.45, 7) is 0. The topological polar surface area (TPSA) is 96.3 Å². The number of fused-ring (bicyclic) bond motifs is 2. The molecule has 35 heavy (non-hydrogen) atoms. The second-order valence-corrected chi connectivity index (χ2v) is 9.86. The van der Waals surface area contributed by atoms with Gasteiger partial charge in [-0.1, -0.05) is 72.0 Å². The number of hydrogen-bond acceptors (Lipinski definition) is 6. The SMILES string of the molecule is O=C(Cc1nnc(NC(=O)c2ccccc2I)s1)N/N=C\c1c2ccccc2cc2ccccc12. The van der Waals surface area contributed by atoms with Crippen molar-refractivity contribution in [2.45, 2.75) is 6.42 Å². The van der Waals surface area contributed by atoms with Crippen molar-refractivity contribution in [1.29, 1.82) is 0 Å². The van der Waals surface area contributed by atoms with Gasteiger partial charge in [-0.3, -0.25) is 14.9 Å². The van der Waals surface area contributed by atoms with E-state index in [1.807, 2.05) is 48.5 Å². The Labute approximate surface area is 218 Å². The molecule has 0 atom stereocenters. The van der Waals surface area contributed by atoms with Gasteiger partial charge in [0.2, 0.25) is 11.0 Å². The summed E-state index contributed by atoms with van der Waals surface area (Å²) in [4.78, 5) is 24.9. The summed E-state index contributed by atoms with van der Waals surface area (Å²) in [5.41, 5.74) is 4.07. The van der Waals surface area contributed by atoms with E-state index in [0.717, 1.165) is 42.0 Å². The Morgan fingerprint density at radius 1 is 0.914 bits per heavy atom. The molecule has 0 saturated heterocycles. The zero-order chi connectivity index (χ0) is 24.2. The third-order valence-corrected chi connectivity index (χ3v) is 7.09. The molecule has 7 nitrogen and oxygen atoms in total. The number of halogens is 1. The number of nitrogens with one attached hydrogen (secondary N) is 2. The summed E-state index contributed by atoms with van der Waals surface area (Å²) < 4.78 is 0.837. The molecule has 0 unspecified atom stereocenters. The maximum absolute atomic E-state index is 12.5. The molecular weight excluding hydrogens is 573 g/mol. The minimum absolute atomic E-state index is 0.00400. The lowest BCUT2D eigenvalue weighted by Crippen LogP contribution is -2.19. The molecule has 1 heterocycles. The van der Waals surface area contributed by atoms with Crippen molar-refractivity contribution < 1.29 is 9.59 Å². The van der Waals surface area contributed by atoms with Crippen molar-refractivity contribution in [1.82, 2.24) is 15.6 Å². The number of amides is 2. The molecule has 5 aromatic rings.